The Balaban J connectivity index is 2.92. The second kappa shape index (κ2) is 3.34. The van der Waals surface area contributed by atoms with E-state index in [4.69, 9.17) is 0 Å². The SMILES string of the molecule is CNc1csnc1C(=O)OC. The molecule has 0 saturated heterocycles. The van der Waals surface area contributed by atoms with E-state index in [1.54, 1.807) is 12.4 Å². The zero-order valence-electron chi connectivity index (χ0n) is 6.25. The van der Waals surface area contributed by atoms with Gasteiger partial charge in [-0.15, -0.1) is 0 Å². The fourth-order valence-corrected chi connectivity index (χ4v) is 1.32. The number of methoxy groups -OCH3 is 1. The number of nitrogens with zero attached hydrogens (tertiary/aromatic N) is 1. The van der Waals surface area contributed by atoms with Crippen molar-refractivity contribution in [3.8, 4) is 0 Å². The molecule has 1 aromatic heterocycles. The molecule has 0 aliphatic heterocycles. The first-order chi connectivity index (χ1) is 5.29. The van der Waals surface area contributed by atoms with Crippen LogP contribution in [0.5, 0.6) is 0 Å². The van der Waals surface area contributed by atoms with Gasteiger partial charge in [0.2, 0.25) is 0 Å². The van der Waals surface area contributed by atoms with Crippen molar-refractivity contribution in [3.63, 3.8) is 0 Å². The molecule has 0 aromatic carbocycles. The maximum atomic E-state index is 10.9. The highest BCUT2D eigenvalue weighted by Crippen LogP contribution is 2.16. The van der Waals surface area contributed by atoms with Gasteiger partial charge in [0.1, 0.15) is 0 Å². The molecule has 0 spiro atoms. The number of nitrogens with one attached hydrogen (secondary N) is 1. The number of carbonyl (C=O) groups excluding carboxylic acids is 1. The van der Waals surface area contributed by atoms with E-state index < -0.39 is 5.97 Å². The molecule has 0 aliphatic carbocycles. The van der Waals surface area contributed by atoms with Crippen molar-refractivity contribution >= 4 is 23.2 Å². The number of hydrogen-bond donors (Lipinski definition) is 1. The van der Waals surface area contributed by atoms with Gasteiger partial charge < -0.3 is 10.1 Å². The van der Waals surface area contributed by atoms with E-state index in [1.165, 1.54) is 18.6 Å². The first kappa shape index (κ1) is 8.00. The highest BCUT2D eigenvalue weighted by atomic mass is 32.1. The summed E-state index contributed by atoms with van der Waals surface area (Å²) in [6.45, 7) is 0. The fourth-order valence-electron chi connectivity index (χ4n) is 0.658. The third-order valence-corrected chi connectivity index (χ3v) is 1.85. The topological polar surface area (TPSA) is 51.2 Å². The highest BCUT2D eigenvalue weighted by molar-refractivity contribution is 7.04. The molecule has 0 aliphatic rings. The first-order valence-corrected chi connectivity index (χ1v) is 3.83. The van der Waals surface area contributed by atoms with Crippen LogP contribution in [0.1, 0.15) is 10.5 Å². The summed E-state index contributed by atoms with van der Waals surface area (Å²) in [7, 11) is 3.07. The van der Waals surface area contributed by atoms with Gasteiger partial charge in [-0.3, -0.25) is 0 Å². The molecule has 11 heavy (non-hydrogen) atoms. The van der Waals surface area contributed by atoms with Crippen molar-refractivity contribution in [1.82, 2.24) is 4.37 Å². The number of ether oxygens (including phenoxy) is 1. The van der Waals surface area contributed by atoms with Crippen LogP contribution in [0.4, 0.5) is 5.69 Å². The summed E-state index contributed by atoms with van der Waals surface area (Å²) in [6.07, 6.45) is 0. The Labute approximate surface area is 68.4 Å². The largest absolute Gasteiger partial charge is 0.464 e. The van der Waals surface area contributed by atoms with E-state index in [0.29, 0.717) is 11.4 Å². The van der Waals surface area contributed by atoms with Crippen molar-refractivity contribution < 1.29 is 9.53 Å². The summed E-state index contributed by atoms with van der Waals surface area (Å²) >= 11 is 1.22. The van der Waals surface area contributed by atoms with Crippen molar-refractivity contribution in [1.29, 1.82) is 0 Å². The van der Waals surface area contributed by atoms with Crippen molar-refractivity contribution in [2.45, 2.75) is 0 Å². The molecule has 4 nitrogen and oxygen atoms in total. The molecule has 5 heteroatoms. The minimum Gasteiger partial charge on any atom is -0.464 e. The van der Waals surface area contributed by atoms with Gasteiger partial charge in [0, 0.05) is 12.4 Å². The van der Waals surface area contributed by atoms with Gasteiger partial charge in [-0.1, -0.05) is 0 Å². The number of hydrogen-bond acceptors (Lipinski definition) is 5. The molecule has 60 valence electrons. The van der Waals surface area contributed by atoms with Crippen LogP contribution in [0.2, 0.25) is 0 Å². The molecule has 1 aromatic rings. The Hall–Kier alpha value is -1.10. The van der Waals surface area contributed by atoms with E-state index in [9.17, 15) is 4.79 Å². The van der Waals surface area contributed by atoms with Crippen LogP contribution in [0.3, 0.4) is 0 Å². The van der Waals surface area contributed by atoms with E-state index in [0.717, 1.165) is 0 Å². The van der Waals surface area contributed by atoms with E-state index in [2.05, 4.69) is 14.4 Å². The predicted octanol–water partition coefficient (Wildman–Crippen LogP) is 0.971. The maximum absolute atomic E-state index is 10.9. The Kier molecular flexibility index (Phi) is 2.43. The summed E-state index contributed by atoms with van der Waals surface area (Å²) in [5.74, 6) is -0.407. The van der Waals surface area contributed by atoms with Crippen molar-refractivity contribution in [2.75, 3.05) is 19.5 Å². The number of aromatic nitrogens is 1. The van der Waals surface area contributed by atoms with Crippen LogP contribution in [0.25, 0.3) is 0 Å². The molecule has 1 N–H and O–H groups in total. The van der Waals surface area contributed by atoms with Crippen LogP contribution in [-0.2, 0) is 4.74 Å². The van der Waals surface area contributed by atoms with Gasteiger partial charge in [-0.05, 0) is 11.5 Å². The zero-order valence-corrected chi connectivity index (χ0v) is 7.07. The lowest BCUT2D eigenvalue weighted by atomic mass is 10.4. The molecule has 1 heterocycles. The third kappa shape index (κ3) is 1.48. The summed E-state index contributed by atoms with van der Waals surface area (Å²) in [4.78, 5) is 10.9. The molecule has 0 atom stereocenters. The molecule has 0 saturated carbocycles. The van der Waals surface area contributed by atoms with Crippen LogP contribution in [0.15, 0.2) is 5.38 Å². The van der Waals surface area contributed by atoms with Crippen LogP contribution < -0.4 is 5.32 Å². The van der Waals surface area contributed by atoms with E-state index in [1.807, 2.05) is 0 Å². The minimum absolute atomic E-state index is 0.347. The zero-order chi connectivity index (χ0) is 8.27. The summed E-state index contributed by atoms with van der Waals surface area (Å²) in [5.41, 5.74) is 1.06. The third-order valence-electron chi connectivity index (χ3n) is 1.22. The Morgan fingerprint density at radius 1 is 1.82 bits per heavy atom. The number of carbonyl (C=O) groups is 1. The van der Waals surface area contributed by atoms with Crippen LogP contribution in [-0.4, -0.2) is 24.5 Å². The van der Waals surface area contributed by atoms with Crippen molar-refractivity contribution in [3.05, 3.63) is 11.1 Å². The lowest BCUT2D eigenvalue weighted by Crippen LogP contribution is -2.04. The fraction of sp³-hybridized carbons (Fsp3) is 0.333. The molecule has 0 radical (unpaired) electrons. The van der Waals surface area contributed by atoms with Gasteiger partial charge in [-0.2, -0.15) is 4.37 Å². The quantitative estimate of drug-likeness (QED) is 0.675. The second-order valence-corrected chi connectivity index (χ2v) is 2.45. The van der Waals surface area contributed by atoms with Crippen LogP contribution in [0, 0.1) is 0 Å². The average Bonchev–Trinajstić information content (AvgIpc) is 2.50. The smallest absolute Gasteiger partial charge is 0.359 e. The Bertz CT molecular complexity index is 259. The molecule has 0 unspecified atom stereocenters. The van der Waals surface area contributed by atoms with Gasteiger partial charge in [0.25, 0.3) is 0 Å². The first-order valence-electron chi connectivity index (χ1n) is 3.00. The number of rotatable bonds is 2. The lowest BCUT2D eigenvalue weighted by molar-refractivity contribution is 0.0596. The monoisotopic (exact) mass is 172 g/mol. The maximum Gasteiger partial charge on any atom is 0.359 e. The van der Waals surface area contributed by atoms with Gasteiger partial charge in [0.15, 0.2) is 5.69 Å². The number of anilines is 1. The lowest BCUT2D eigenvalue weighted by Gasteiger charge is -1.97. The molecular formula is C6H8N2O2S. The van der Waals surface area contributed by atoms with Crippen LogP contribution >= 0.6 is 11.5 Å². The molecule has 0 bridgehead atoms. The molecule has 0 amide bonds. The van der Waals surface area contributed by atoms with E-state index >= 15 is 0 Å². The standard InChI is InChI=1S/C6H8N2O2S/c1-7-4-3-11-8-5(4)6(9)10-2/h3,7H,1-2H3. The second-order valence-electron chi connectivity index (χ2n) is 1.82. The normalized spacial score (nSPS) is 9.27. The molecule has 0 fully saturated rings. The average molecular weight is 172 g/mol. The van der Waals surface area contributed by atoms with Gasteiger partial charge in [-0.25, -0.2) is 4.79 Å². The molecule has 1 rings (SSSR count). The summed E-state index contributed by atoms with van der Waals surface area (Å²) in [6, 6.07) is 0. The van der Waals surface area contributed by atoms with Crippen molar-refractivity contribution in [2.24, 2.45) is 0 Å². The summed E-state index contributed by atoms with van der Waals surface area (Å²) < 4.78 is 8.36. The molecular weight excluding hydrogens is 164 g/mol. The minimum atomic E-state index is -0.407. The Morgan fingerprint density at radius 3 is 3.09 bits per heavy atom. The van der Waals surface area contributed by atoms with Gasteiger partial charge >= 0.3 is 5.97 Å². The van der Waals surface area contributed by atoms with Gasteiger partial charge in [0.05, 0.1) is 12.8 Å². The number of esters is 1. The summed E-state index contributed by atoms with van der Waals surface area (Å²) in [5, 5.41) is 4.59. The highest BCUT2D eigenvalue weighted by Gasteiger charge is 2.13. The Morgan fingerprint density at radius 2 is 2.55 bits per heavy atom. The predicted molar refractivity (Wildman–Crippen MR) is 43.0 cm³/mol. The van der Waals surface area contributed by atoms with E-state index in [-0.39, 0.29) is 0 Å².